The van der Waals surface area contributed by atoms with Gasteiger partial charge in [0, 0.05) is 0 Å². The Kier molecular flexibility index (Phi) is 5.19. The second-order valence-electron chi connectivity index (χ2n) is 2.06. The van der Waals surface area contributed by atoms with Gasteiger partial charge in [0.15, 0.2) is 0 Å². The summed E-state index contributed by atoms with van der Waals surface area (Å²) in [5.74, 6) is -1.17. The summed E-state index contributed by atoms with van der Waals surface area (Å²) in [6, 6.07) is 9.19. The molecule has 0 atom stereocenters. The predicted octanol–water partition coefficient (Wildman–Crippen LogP) is -2.55. The normalized spacial score (nSPS) is 9.33. The van der Waals surface area contributed by atoms with E-state index in [1.165, 1.54) is 6.08 Å². The molecule has 0 amide bonds. The minimum Gasteiger partial charge on any atom is -0.545 e. The van der Waals surface area contributed by atoms with E-state index in [-0.39, 0.29) is 18.9 Å². The fourth-order valence-corrected chi connectivity index (χ4v) is 0.728. The van der Waals surface area contributed by atoms with Crippen molar-refractivity contribution >= 4 is 12.0 Å². The van der Waals surface area contributed by atoms with Crippen molar-refractivity contribution in [2.24, 2.45) is 0 Å². The summed E-state index contributed by atoms with van der Waals surface area (Å²) in [4.78, 5) is 9.97. The van der Waals surface area contributed by atoms with Crippen LogP contribution in [-0.2, 0) is 4.79 Å². The largest absolute Gasteiger partial charge is 1.00 e. The summed E-state index contributed by atoms with van der Waals surface area (Å²) >= 11 is 0. The van der Waals surface area contributed by atoms with Gasteiger partial charge in [0.1, 0.15) is 0 Å². The zero-order chi connectivity index (χ0) is 8.10. The van der Waals surface area contributed by atoms with Crippen LogP contribution in [0.25, 0.3) is 6.08 Å². The smallest absolute Gasteiger partial charge is 0.545 e. The van der Waals surface area contributed by atoms with E-state index in [1.54, 1.807) is 0 Å². The summed E-state index contributed by atoms with van der Waals surface area (Å²) in [6.07, 6.45) is 2.50. The first-order valence-electron chi connectivity index (χ1n) is 3.23. The van der Waals surface area contributed by atoms with Gasteiger partial charge in [-0.25, -0.2) is 0 Å². The van der Waals surface area contributed by atoms with Crippen molar-refractivity contribution in [1.29, 1.82) is 0 Å². The van der Waals surface area contributed by atoms with Crippen molar-refractivity contribution in [2.75, 3.05) is 0 Å². The van der Waals surface area contributed by atoms with Crippen molar-refractivity contribution < 1.29 is 28.8 Å². The number of carbonyl (C=O) groups is 1. The molecule has 0 spiro atoms. The number of carboxylic acids is 1. The number of benzene rings is 1. The van der Waals surface area contributed by atoms with Crippen LogP contribution in [-0.4, -0.2) is 5.97 Å². The van der Waals surface area contributed by atoms with E-state index < -0.39 is 5.97 Å². The van der Waals surface area contributed by atoms with Gasteiger partial charge in [0.25, 0.3) is 0 Å². The fraction of sp³-hybridized carbons (Fsp3) is 0. The standard InChI is InChI=1S/C9H8O2.Li/c10-9(11)7-6-8-4-2-1-3-5-8;/h1-7H,(H,10,11);/q;+1/p-1. The maximum absolute atomic E-state index is 9.97. The SMILES string of the molecule is O=C([O-])C=Cc1ccccc1.[Li+]. The van der Waals surface area contributed by atoms with Gasteiger partial charge in [0.2, 0.25) is 0 Å². The van der Waals surface area contributed by atoms with Crippen LogP contribution >= 0.6 is 0 Å². The maximum Gasteiger partial charge on any atom is 1.00 e. The van der Waals surface area contributed by atoms with Gasteiger partial charge in [-0.2, -0.15) is 0 Å². The van der Waals surface area contributed by atoms with Crippen LogP contribution in [0.15, 0.2) is 36.4 Å². The molecule has 0 unspecified atom stereocenters. The summed E-state index contributed by atoms with van der Waals surface area (Å²) in [7, 11) is 0. The second kappa shape index (κ2) is 5.65. The van der Waals surface area contributed by atoms with Gasteiger partial charge in [-0.05, 0) is 11.6 Å². The van der Waals surface area contributed by atoms with E-state index in [0.717, 1.165) is 11.6 Å². The molecule has 3 heteroatoms. The molecule has 1 aromatic rings. The second-order valence-corrected chi connectivity index (χ2v) is 2.06. The number of hydrogen-bond acceptors (Lipinski definition) is 2. The molecular weight excluding hydrogens is 147 g/mol. The molecule has 0 aliphatic rings. The number of hydrogen-bond donors (Lipinski definition) is 0. The van der Waals surface area contributed by atoms with Gasteiger partial charge < -0.3 is 9.90 Å². The van der Waals surface area contributed by atoms with Gasteiger partial charge in [-0.15, -0.1) is 0 Å². The van der Waals surface area contributed by atoms with Crippen molar-refractivity contribution in [3.05, 3.63) is 42.0 Å². The van der Waals surface area contributed by atoms with Crippen LogP contribution in [0.4, 0.5) is 0 Å². The molecule has 2 nitrogen and oxygen atoms in total. The van der Waals surface area contributed by atoms with Crippen molar-refractivity contribution in [1.82, 2.24) is 0 Å². The molecule has 0 aliphatic carbocycles. The molecular formula is C9H7LiO2. The zero-order valence-corrected chi connectivity index (χ0v) is 6.86. The van der Waals surface area contributed by atoms with E-state index in [0.29, 0.717) is 0 Å². The van der Waals surface area contributed by atoms with Crippen LogP contribution < -0.4 is 24.0 Å². The van der Waals surface area contributed by atoms with Gasteiger partial charge in [-0.3, -0.25) is 0 Å². The van der Waals surface area contributed by atoms with Crippen molar-refractivity contribution in [3.8, 4) is 0 Å². The van der Waals surface area contributed by atoms with Gasteiger partial charge >= 0.3 is 18.9 Å². The third-order valence-electron chi connectivity index (χ3n) is 1.21. The van der Waals surface area contributed by atoms with Crippen LogP contribution in [0.2, 0.25) is 0 Å². The first kappa shape index (κ1) is 11.0. The van der Waals surface area contributed by atoms with E-state index in [9.17, 15) is 9.90 Å². The molecule has 0 fully saturated rings. The first-order chi connectivity index (χ1) is 5.29. The van der Waals surface area contributed by atoms with E-state index >= 15 is 0 Å². The summed E-state index contributed by atoms with van der Waals surface area (Å²) in [6.45, 7) is 0. The Hall–Kier alpha value is -0.973. The van der Waals surface area contributed by atoms with Gasteiger partial charge in [-0.1, -0.05) is 36.4 Å². The topological polar surface area (TPSA) is 40.1 Å². The van der Waals surface area contributed by atoms with Crippen LogP contribution in [0.1, 0.15) is 5.56 Å². The monoisotopic (exact) mass is 154 g/mol. The van der Waals surface area contributed by atoms with E-state index in [2.05, 4.69) is 0 Å². The Bertz CT molecular complexity index is 267. The Morgan fingerprint density at radius 2 is 1.83 bits per heavy atom. The summed E-state index contributed by atoms with van der Waals surface area (Å²) in [5, 5.41) is 9.97. The summed E-state index contributed by atoms with van der Waals surface area (Å²) in [5.41, 5.74) is 0.858. The number of carboxylic acid groups (broad SMARTS) is 1. The molecule has 0 saturated carbocycles. The Morgan fingerprint density at radius 3 is 2.33 bits per heavy atom. The average molecular weight is 154 g/mol. The zero-order valence-electron chi connectivity index (χ0n) is 6.86. The molecule has 0 saturated heterocycles. The van der Waals surface area contributed by atoms with E-state index in [1.807, 2.05) is 30.3 Å². The molecule has 1 rings (SSSR count). The van der Waals surface area contributed by atoms with Crippen molar-refractivity contribution in [3.63, 3.8) is 0 Å². The van der Waals surface area contributed by atoms with Crippen LogP contribution in [0, 0.1) is 0 Å². The molecule has 0 aromatic heterocycles. The quantitative estimate of drug-likeness (QED) is 0.347. The van der Waals surface area contributed by atoms with Crippen LogP contribution in [0.5, 0.6) is 0 Å². The predicted molar refractivity (Wildman–Crippen MR) is 40.5 cm³/mol. The Labute approximate surface area is 83.1 Å². The number of aliphatic carboxylic acids is 1. The first-order valence-corrected chi connectivity index (χ1v) is 3.23. The maximum atomic E-state index is 9.97. The van der Waals surface area contributed by atoms with E-state index in [4.69, 9.17) is 0 Å². The molecule has 1 aromatic carbocycles. The van der Waals surface area contributed by atoms with Gasteiger partial charge in [0.05, 0.1) is 5.97 Å². The third kappa shape index (κ3) is 4.02. The molecule has 0 aliphatic heterocycles. The number of carbonyl (C=O) groups excluding carboxylic acids is 1. The molecule has 12 heavy (non-hydrogen) atoms. The third-order valence-corrected chi connectivity index (χ3v) is 1.21. The fourth-order valence-electron chi connectivity index (χ4n) is 0.728. The molecule has 0 radical (unpaired) electrons. The molecule has 0 heterocycles. The van der Waals surface area contributed by atoms with Crippen LogP contribution in [0.3, 0.4) is 0 Å². The Morgan fingerprint density at radius 1 is 1.25 bits per heavy atom. The average Bonchev–Trinajstić information content (AvgIpc) is 2.03. The number of rotatable bonds is 2. The molecule has 0 N–H and O–H groups in total. The molecule has 0 bridgehead atoms. The Balaban J connectivity index is 0.00000121. The summed E-state index contributed by atoms with van der Waals surface area (Å²) < 4.78 is 0. The minimum atomic E-state index is -1.17. The molecule has 56 valence electrons. The van der Waals surface area contributed by atoms with Crippen molar-refractivity contribution in [2.45, 2.75) is 0 Å². The minimum absolute atomic E-state index is 0.